The lowest BCUT2D eigenvalue weighted by Crippen LogP contribution is -2.58. The van der Waals surface area contributed by atoms with Gasteiger partial charge in [0.2, 0.25) is 0 Å². The van der Waals surface area contributed by atoms with E-state index in [0.717, 1.165) is 32.1 Å². The van der Waals surface area contributed by atoms with E-state index in [0.29, 0.717) is 41.9 Å². The Balaban J connectivity index is 1.45. The van der Waals surface area contributed by atoms with Crippen molar-refractivity contribution in [2.24, 2.45) is 46.3 Å². The maximum Gasteiger partial charge on any atom is 0.397 e. The molecule has 4 aliphatic rings. The highest BCUT2D eigenvalue weighted by atomic mass is 32.3. The first-order chi connectivity index (χ1) is 14.5. The molecule has 0 spiro atoms. The Labute approximate surface area is 188 Å². The van der Waals surface area contributed by atoms with Gasteiger partial charge < -0.3 is 10.2 Å². The summed E-state index contributed by atoms with van der Waals surface area (Å²) >= 11 is 0. The average Bonchev–Trinajstić information content (AvgIpc) is 3.03. The second kappa shape index (κ2) is 8.53. The van der Waals surface area contributed by atoms with Crippen LogP contribution in [0.3, 0.4) is 0 Å². The summed E-state index contributed by atoms with van der Waals surface area (Å²) < 4.78 is 34.8. The van der Waals surface area contributed by atoms with Gasteiger partial charge in [0.25, 0.3) is 0 Å². The molecular weight excluding hydrogens is 416 g/mol. The van der Waals surface area contributed by atoms with E-state index < -0.39 is 10.4 Å². The normalized spacial score (nSPS) is 48.5. The standard InChI is InChI=1S/C24H42O6S/c1-15(5-4-12-30-31(27,28)29)18-6-7-19-22-20(9-11-24(18,19)3)23(2)10-8-17(25)13-16(23)14-21(22)26/h15-22,25-26H,4-14H2,1-3H3,(H,27,28,29)/t15-,16+,17+,18-,19+,20+,21+,22+,23+,24-/m1/s1. The van der Waals surface area contributed by atoms with Gasteiger partial charge in [-0.25, -0.2) is 4.18 Å². The van der Waals surface area contributed by atoms with Crippen LogP contribution in [0.4, 0.5) is 0 Å². The van der Waals surface area contributed by atoms with E-state index in [-0.39, 0.29) is 29.6 Å². The number of aliphatic hydroxyl groups excluding tert-OH is 2. The van der Waals surface area contributed by atoms with E-state index in [4.69, 9.17) is 4.55 Å². The maximum atomic E-state index is 11.3. The van der Waals surface area contributed by atoms with Crippen molar-refractivity contribution in [1.82, 2.24) is 0 Å². The molecule has 0 aromatic heterocycles. The van der Waals surface area contributed by atoms with E-state index in [9.17, 15) is 18.6 Å². The fourth-order valence-corrected chi connectivity index (χ4v) is 9.27. The van der Waals surface area contributed by atoms with E-state index in [1.165, 1.54) is 25.7 Å². The molecule has 0 saturated heterocycles. The van der Waals surface area contributed by atoms with Gasteiger partial charge >= 0.3 is 10.4 Å². The first kappa shape index (κ1) is 23.9. The highest BCUT2D eigenvalue weighted by molar-refractivity contribution is 7.80. The van der Waals surface area contributed by atoms with Crippen LogP contribution in [0.2, 0.25) is 0 Å². The van der Waals surface area contributed by atoms with Gasteiger partial charge in [-0.05, 0) is 111 Å². The van der Waals surface area contributed by atoms with Gasteiger partial charge in [-0.1, -0.05) is 20.8 Å². The molecule has 10 atom stereocenters. The predicted octanol–water partition coefficient (Wildman–Crippen LogP) is 4.21. The number of aliphatic hydroxyl groups is 2. The summed E-state index contributed by atoms with van der Waals surface area (Å²) in [5.74, 6) is 2.96. The van der Waals surface area contributed by atoms with Crippen molar-refractivity contribution in [2.75, 3.05) is 6.61 Å². The van der Waals surface area contributed by atoms with Crippen LogP contribution < -0.4 is 0 Å². The van der Waals surface area contributed by atoms with Crippen molar-refractivity contribution in [3.8, 4) is 0 Å². The Bertz CT molecular complexity index is 755. The second-order valence-electron chi connectivity index (χ2n) is 11.8. The topological polar surface area (TPSA) is 104 Å². The molecule has 4 rings (SSSR count). The Morgan fingerprint density at radius 1 is 1.00 bits per heavy atom. The highest BCUT2D eigenvalue weighted by Crippen LogP contribution is 2.68. The first-order valence-corrected chi connectivity index (χ1v) is 13.8. The second-order valence-corrected chi connectivity index (χ2v) is 12.9. The number of rotatable bonds is 6. The third-order valence-electron chi connectivity index (χ3n) is 10.5. The molecule has 0 aromatic carbocycles. The summed E-state index contributed by atoms with van der Waals surface area (Å²) in [6.07, 6.45) is 9.46. The molecule has 0 aromatic rings. The monoisotopic (exact) mass is 458 g/mol. The molecule has 4 fully saturated rings. The maximum absolute atomic E-state index is 11.3. The molecule has 4 saturated carbocycles. The first-order valence-electron chi connectivity index (χ1n) is 12.4. The van der Waals surface area contributed by atoms with Crippen molar-refractivity contribution >= 4 is 10.4 Å². The number of hydrogen-bond acceptors (Lipinski definition) is 5. The Morgan fingerprint density at radius 2 is 1.68 bits per heavy atom. The summed E-state index contributed by atoms with van der Waals surface area (Å²) in [5.41, 5.74) is 0.476. The minimum Gasteiger partial charge on any atom is -0.393 e. The molecule has 4 aliphatic carbocycles. The van der Waals surface area contributed by atoms with Crippen molar-refractivity contribution in [3.05, 3.63) is 0 Å². The lowest BCUT2D eigenvalue weighted by atomic mass is 9.43. The van der Waals surface area contributed by atoms with Crippen LogP contribution in [-0.2, 0) is 14.6 Å². The largest absolute Gasteiger partial charge is 0.397 e. The SMILES string of the molecule is C[C@H](CCCOS(=O)(=O)O)[C@H]1CC[C@H]2[C@@H]3[C@@H](O)C[C@@H]4C[C@@H](O)CC[C@]4(C)[C@H]3CC[C@]12C. The van der Waals surface area contributed by atoms with Crippen LogP contribution >= 0.6 is 0 Å². The molecule has 0 radical (unpaired) electrons. The fraction of sp³-hybridized carbons (Fsp3) is 1.00. The molecule has 0 bridgehead atoms. The van der Waals surface area contributed by atoms with Gasteiger partial charge in [0, 0.05) is 0 Å². The van der Waals surface area contributed by atoms with E-state index in [1.807, 2.05) is 0 Å². The molecule has 6 nitrogen and oxygen atoms in total. The zero-order valence-corrected chi connectivity index (χ0v) is 20.2. The lowest BCUT2D eigenvalue weighted by molar-refractivity contribution is -0.174. The van der Waals surface area contributed by atoms with Crippen LogP contribution in [0.5, 0.6) is 0 Å². The Kier molecular flexibility index (Phi) is 6.59. The summed E-state index contributed by atoms with van der Waals surface area (Å²) in [7, 11) is -4.35. The van der Waals surface area contributed by atoms with E-state index in [2.05, 4.69) is 25.0 Å². The minimum atomic E-state index is -4.35. The molecule has 0 unspecified atom stereocenters. The summed E-state index contributed by atoms with van der Waals surface area (Å²) in [4.78, 5) is 0. The predicted molar refractivity (Wildman–Crippen MR) is 119 cm³/mol. The van der Waals surface area contributed by atoms with Crippen LogP contribution in [-0.4, -0.2) is 42.0 Å². The third-order valence-corrected chi connectivity index (χ3v) is 10.9. The van der Waals surface area contributed by atoms with Crippen LogP contribution in [0.25, 0.3) is 0 Å². The van der Waals surface area contributed by atoms with Crippen molar-refractivity contribution in [3.63, 3.8) is 0 Å². The molecule has 31 heavy (non-hydrogen) atoms. The molecule has 3 N–H and O–H groups in total. The van der Waals surface area contributed by atoms with E-state index >= 15 is 0 Å². The molecule has 0 aliphatic heterocycles. The molecular formula is C24H42O6S. The van der Waals surface area contributed by atoms with Gasteiger partial charge in [0.1, 0.15) is 0 Å². The van der Waals surface area contributed by atoms with Gasteiger partial charge in [0.15, 0.2) is 0 Å². The van der Waals surface area contributed by atoms with Crippen molar-refractivity contribution < 1.29 is 27.4 Å². The van der Waals surface area contributed by atoms with Crippen LogP contribution in [0.15, 0.2) is 0 Å². The minimum absolute atomic E-state index is 0.0328. The Morgan fingerprint density at radius 3 is 2.39 bits per heavy atom. The summed E-state index contributed by atoms with van der Waals surface area (Å²) in [6.45, 7) is 7.20. The van der Waals surface area contributed by atoms with Crippen molar-refractivity contribution in [1.29, 1.82) is 0 Å². The third kappa shape index (κ3) is 4.34. The average molecular weight is 459 g/mol. The smallest absolute Gasteiger partial charge is 0.393 e. The lowest BCUT2D eigenvalue weighted by Gasteiger charge is -2.62. The summed E-state index contributed by atoms with van der Waals surface area (Å²) in [5, 5.41) is 21.5. The van der Waals surface area contributed by atoms with Gasteiger partial charge in [-0.2, -0.15) is 8.42 Å². The molecule has 0 amide bonds. The van der Waals surface area contributed by atoms with E-state index in [1.54, 1.807) is 0 Å². The summed E-state index contributed by atoms with van der Waals surface area (Å²) in [6, 6.07) is 0. The zero-order chi connectivity index (χ0) is 22.6. The van der Waals surface area contributed by atoms with Gasteiger partial charge in [-0.3, -0.25) is 4.55 Å². The molecule has 0 heterocycles. The molecule has 7 heteroatoms. The Hall–Kier alpha value is -0.210. The molecule has 180 valence electrons. The van der Waals surface area contributed by atoms with Gasteiger partial charge in [0.05, 0.1) is 18.8 Å². The van der Waals surface area contributed by atoms with Crippen LogP contribution in [0, 0.1) is 46.3 Å². The highest BCUT2D eigenvalue weighted by Gasteiger charge is 2.62. The van der Waals surface area contributed by atoms with Crippen molar-refractivity contribution in [2.45, 2.75) is 97.2 Å². The van der Waals surface area contributed by atoms with Crippen LogP contribution in [0.1, 0.15) is 85.0 Å². The van der Waals surface area contributed by atoms with Gasteiger partial charge in [-0.15, -0.1) is 0 Å². The number of hydrogen-bond donors (Lipinski definition) is 3. The quantitative estimate of drug-likeness (QED) is 0.407. The fourth-order valence-electron chi connectivity index (χ4n) is 8.95. The zero-order valence-electron chi connectivity index (χ0n) is 19.4. The number of fused-ring (bicyclic) bond motifs is 5.